The van der Waals surface area contributed by atoms with Crippen LogP contribution in [0.2, 0.25) is 0 Å². The number of rotatable bonds is 1. The zero-order chi connectivity index (χ0) is 11.6. The molecule has 0 N–H and O–H groups in total. The van der Waals surface area contributed by atoms with Gasteiger partial charge < -0.3 is 4.79 Å². The van der Waals surface area contributed by atoms with Gasteiger partial charge in [-0.2, -0.15) is 0 Å². The summed E-state index contributed by atoms with van der Waals surface area (Å²) in [6.07, 6.45) is 9.31. The zero-order valence-electron chi connectivity index (χ0n) is 10.9. The molecule has 0 radical (unpaired) electrons. The quantitative estimate of drug-likeness (QED) is 0.614. The van der Waals surface area contributed by atoms with E-state index in [9.17, 15) is 4.79 Å². The fourth-order valence-corrected chi connectivity index (χ4v) is 5.81. The second-order valence-electron chi connectivity index (χ2n) is 7.61. The van der Waals surface area contributed by atoms with Crippen molar-refractivity contribution >= 4 is 6.29 Å². The summed E-state index contributed by atoms with van der Waals surface area (Å²) in [6.45, 7) is 7.21. The molecule has 4 aliphatic rings. The third-order valence-corrected chi connectivity index (χ3v) is 6.34. The van der Waals surface area contributed by atoms with Crippen molar-refractivity contribution < 1.29 is 4.79 Å². The van der Waals surface area contributed by atoms with E-state index in [0.29, 0.717) is 22.2 Å². The second-order valence-corrected chi connectivity index (χ2v) is 7.61. The van der Waals surface area contributed by atoms with Gasteiger partial charge in [-0.15, -0.1) is 0 Å². The minimum absolute atomic E-state index is 0.367. The summed E-state index contributed by atoms with van der Waals surface area (Å²) in [4.78, 5) is 11.5. The largest absolute Gasteiger partial charge is 0.303 e. The Morgan fingerprint density at radius 2 is 1.88 bits per heavy atom. The van der Waals surface area contributed by atoms with Crippen LogP contribution in [-0.2, 0) is 4.79 Å². The summed E-state index contributed by atoms with van der Waals surface area (Å²) in [5.74, 6) is 1.18. The van der Waals surface area contributed by atoms with Crippen molar-refractivity contribution in [3.8, 4) is 0 Å². The lowest BCUT2D eigenvalue weighted by atomic mass is 9.32. The second kappa shape index (κ2) is 2.91. The van der Waals surface area contributed by atoms with Crippen LogP contribution in [0.25, 0.3) is 0 Å². The lowest BCUT2D eigenvalue weighted by molar-refractivity contribution is -0.231. The van der Waals surface area contributed by atoms with Crippen molar-refractivity contribution in [1.82, 2.24) is 0 Å². The van der Waals surface area contributed by atoms with E-state index in [0.717, 1.165) is 5.92 Å². The molecule has 1 unspecified atom stereocenters. The SMILES string of the molecule is CC1(C)CCC[C@@]23CC(C)(CC[C@@H]12)[C@H]3C=O. The Morgan fingerprint density at radius 3 is 2.56 bits per heavy atom. The van der Waals surface area contributed by atoms with Gasteiger partial charge in [0.15, 0.2) is 0 Å². The molecule has 1 spiro atoms. The van der Waals surface area contributed by atoms with Crippen LogP contribution in [0.4, 0.5) is 0 Å². The third kappa shape index (κ3) is 1.05. The molecule has 1 heteroatoms. The van der Waals surface area contributed by atoms with Crippen molar-refractivity contribution in [1.29, 1.82) is 0 Å². The van der Waals surface area contributed by atoms with Gasteiger partial charge in [-0.25, -0.2) is 0 Å². The number of hydrogen-bond donors (Lipinski definition) is 0. The maximum atomic E-state index is 11.5. The van der Waals surface area contributed by atoms with E-state index in [1.54, 1.807) is 0 Å². The van der Waals surface area contributed by atoms with Crippen LogP contribution in [0, 0.1) is 28.1 Å². The predicted molar refractivity (Wildman–Crippen MR) is 65.1 cm³/mol. The fourth-order valence-electron chi connectivity index (χ4n) is 5.81. The first-order valence-electron chi connectivity index (χ1n) is 6.90. The molecule has 0 aromatic heterocycles. The molecule has 4 atom stereocenters. The minimum Gasteiger partial charge on any atom is -0.303 e. The summed E-state index contributed by atoms with van der Waals surface area (Å²) < 4.78 is 0. The molecule has 0 aliphatic heterocycles. The summed E-state index contributed by atoms with van der Waals surface area (Å²) in [5, 5.41) is 0. The lowest BCUT2D eigenvalue weighted by Crippen LogP contribution is -2.66. The monoisotopic (exact) mass is 220 g/mol. The topological polar surface area (TPSA) is 17.1 Å². The fraction of sp³-hybridized carbons (Fsp3) is 0.933. The van der Waals surface area contributed by atoms with Gasteiger partial charge in [0.2, 0.25) is 0 Å². The zero-order valence-corrected chi connectivity index (χ0v) is 10.9. The van der Waals surface area contributed by atoms with Crippen molar-refractivity contribution in [3.63, 3.8) is 0 Å². The molecule has 1 nitrogen and oxygen atoms in total. The number of carbonyl (C=O) groups is 1. The third-order valence-electron chi connectivity index (χ3n) is 6.34. The molecule has 2 bridgehead atoms. The van der Waals surface area contributed by atoms with Gasteiger partial charge in [0, 0.05) is 5.92 Å². The first kappa shape index (κ1) is 10.8. The van der Waals surface area contributed by atoms with Gasteiger partial charge in [-0.1, -0.05) is 27.2 Å². The summed E-state index contributed by atoms with van der Waals surface area (Å²) >= 11 is 0. The molecule has 16 heavy (non-hydrogen) atoms. The molecule has 0 aromatic rings. The van der Waals surface area contributed by atoms with E-state index in [1.807, 2.05) is 0 Å². The van der Waals surface area contributed by atoms with Crippen molar-refractivity contribution in [3.05, 3.63) is 0 Å². The van der Waals surface area contributed by atoms with Crippen molar-refractivity contribution in [2.45, 2.75) is 59.3 Å². The Bertz CT molecular complexity index is 332. The van der Waals surface area contributed by atoms with E-state index in [4.69, 9.17) is 0 Å². The molecule has 0 saturated heterocycles. The van der Waals surface area contributed by atoms with Crippen LogP contribution >= 0.6 is 0 Å². The first-order valence-corrected chi connectivity index (χ1v) is 6.90. The average Bonchev–Trinajstić information content (AvgIpc) is 2.15. The molecule has 4 saturated carbocycles. The highest BCUT2D eigenvalue weighted by Gasteiger charge is 2.69. The Labute approximate surface area is 99.0 Å². The average molecular weight is 220 g/mol. The number of fused-ring (bicyclic) bond motifs is 1. The Hall–Kier alpha value is -0.330. The van der Waals surface area contributed by atoms with Crippen LogP contribution in [0.1, 0.15) is 59.3 Å². The maximum Gasteiger partial charge on any atom is 0.124 e. The minimum atomic E-state index is 0.367. The summed E-state index contributed by atoms with van der Waals surface area (Å²) in [5.41, 5.74) is 1.25. The van der Waals surface area contributed by atoms with Gasteiger partial charge in [-0.05, 0) is 54.3 Å². The van der Waals surface area contributed by atoms with Gasteiger partial charge in [0.25, 0.3) is 0 Å². The summed E-state index contributed by atoms with van der Waals surface area (Å²) in [6, 6.07) is 0. The summed E-state index contributed by atoms with van der Waals surface area (Å²) in [7, 11) is 0. The van der Waals surface area contributed by atoms with Gasteiger partial charge >= 0.3 is 0 Å². The van der Waals surface area contributed by atoms with Gasteiger partial charge in [0.1, 0.15) is 6.29 Å². The van der Waals surface area contributed by atoms with Crippen LogP contribution in [0.15, 0.2) is 0 Å². The van der Waals surface area contributed by atoms with Crippen LogP contribution < -0.4 is 0 Å². The molecule has 0 amide bonds. The maximum absolute atomic E-state index is 11.5. The van der Waals surface area contributed by atoms with Gasteiger partial charge in [0.05, 0.1) is 0 Å². The molecular weight excluding hydrogens is 196 g/mol. The molecule has 0 heterocycles. The molecule has 4 rings (SSSR count). The van der Waals surface area contributed by atoms with Crippen molar-refractivity contribution in [2.75, 3.05) is 0 Å². The Morgan fingerprint density at radius 1 is 1.12 bits per heavy atom. The van der Waals surface area contributed by atoms with E-state index in [1.165, 1.54) is 44.8 Å². The molecule has 0 aromatic carbocycles. The van der Waals surface area contributed by atoms with Crippen LogP contribution in [0.3, 0.4) is 0 Å². The number of hydrogen-bond acceptors (Lipinski definition) is 1. The lowest BCUT2D eigenvalue weighted by Gasteiger charge is -2.72. The molecule has 4 fully saturated rings. The predicted octanol–water partition coefficient (Wildman–Crippen LogP) is 3.82. The van der Waals surface area contributed by atoms with Gasteiger partial charge in [-0.3, -0.25) is 0 Å². The highest BCUT2D eigenvalue weighted by atomic mass is 16.1. The molecular formula is C15H24O. The highest BCUT2D eigenvalue weighted by Crippen LogP contribution is 2.75. The first-order chi connectivity index (χ1) is 7.45. The number of aldehydes is 1. The standard InChI is InChI=1S/C15H24O/c1-13(2)6-4-7-15-10-14(3,12(15)9-16)8-5-11(13)15/h9,11-12H,4-8,10H2,1-3H3/t11-,12+,14?,15+/m0/s1. The van der Waals surface area contributed by atoms with Crippen molar-refractivity contribution in [2.24, 2.45) is 28.1 Å². The Balaban J connectivity index is 1.99. The van der Waals surface area contributed by atoms with E-state index < -0.39 is 0 Å². The van der Waals surface area contributed by atoms with E-state index >= 15 is 0 Å². The molecule has 90 valence electrons. The van der Waals surface area contributed by atoms with Crippen LogP contribution in [-0.4, -0.2) is 6.29 Å². The van der Waals surface area contributed by atoms with E-state index in [2.05, 4.69) is 20.8 Å². The number of carbonyl (C=O) groups excluding carboxylic acids is 1. The Kier molecular flexibility index (Phi) is 1.97. The normalized spacial score (nSPS) is 53.7. The van der Waals surface area contributed by atoms with E-state index in [-0.39, 0.29) is 0 Å². The smallest absolute Gasteiger partial charge is 0.124 e. The van der Waals surface area contributed by atoms with Crippen LogP contribution in [0.5, 0.6) is 0 Å². The highest BCUT2D eigenvalue weighted by molar-refractivity contribution is 5.60. The molecule has 4 aliphatic carbocycles.